The van der Waals surface area contributed by atoms with Gasteiger partial charge in [0.05, 0.1) is 5.52 Å². The molecule has 1 atom stereocenters. The third kappa shape index (κ3) is 2.46. The Morgan fingerprint density at radius 2 is 1.89 bits per heavy atom. The third-order valence-corrected chi connectivity index (χ3v) is 3.45. The molecule has 1 aromatic heterocycles. The second-order valence-corrected chi connectivity index (χ2v) is 4.98. The maximum Gasteiger partial charge on any atom is 0.251 e. The van der Waals surface area contributed by atoms with Crippen molar-refractivity contribution in [1.29, 1.82) is 0 Å². The summed E-state index contributed by atoms with van der Waals surface area (Å²) < 4.78 is 1.86. The molecule has 3 heteroatoms. The monoisotopic (exact) mass is 244 g/mol. The number of para-hydroxylation sites is 1. The number of hydrogen-bond acceptors (Lipinski definition) is 2. The molecule has 1 N–H and O–H groups in total. The van der Waals surface area contributed by atoms with Gasteiger partial charge >= 0.3 is 0 Å². The van der Waals surface area contributed by atoms with E-state index >= 15 is 0 Å². The summed E-state index contributed by atoms with van der Waals surface area (Å²) in [5, 5.41) is 4.39. The molecule has 1 unspecified atom stereocenters. The van der Waals surface area contributed by atoms with Crippen LogP contribution in [0.3, 0.4) is 0 Å². The largest absolute Gasteiger partial charge is 0.315 e. The van der Waals surface area contributed by atoms with Crippen LogP contribution in [0, 0.1) is 5.92 Å². The van der Waals surface area contributed by atoms with Gasteiger partial charge in [-0.1, -0.05) is 32.0 Å². The first-order valence-electron chi connectivity index (χ1n) is 6.39. The van der Waals surface area contributed by atoms with E-state index in [1.165, 1.54) is 0 Å². The van der Waals surface area contributed by atoms with Gasteiger partial charge in [0.1, 0.15) is 0 Å². The minimum atomic E-state index is 0.0644. The minimum Gasteiger partial charge on any atom is -0.315 e. The van der Waals surface area contributed by atoms with E-state index in [0.717, 1.165) is 10.9 Å². The molecule has 2 rings (SSSR count). The molecule has 1 heterocycles. The Bertz CT molecular complexity index is 586. The fraction of sp³-hybridized carbons (Fsp3) is 0.400. The van der Waals surface area contributed by atoms with Crippen molar-refractivity contribution in [1.82, 2.24) is 9.88 Å². The fourth-order valence-corrected chi connectivity index (χ4v) is 2.26. The lowest BCUT2D eigenvalue weighted by molar-refractivity contribution is 0.378. The highest BCUT2D eigenvalue weighted by atomic mass is 16.1. The number of aromatic nitrogens is 1. The van der Waals surface area contributed by atoms with Gasteiger partial charge in [-0.2, -0.15) is 0 Å². The second kappa shape index (κ2) is 5.36. The second-order valence-electron chi connectivity index (χ2n) is 4.98. The highest BCUT2D eigenvalue weighted by Crippen LogP contribution is 2.13. The summed E-state index contributed by atoms with van der Waals surface area (Å²) >= 11 is 0. The molecule has 0 amide bonds. The van der Waals surface area contributed by atoms with Crippen LogP contribution >= 0.6 is 0 Å². The predicted octanol–water partition coefficient (Wildman–Crippen LogP) is 2.25. The number of rotatable bonds is 4. The van der Waals surface area contributed by atoms with Crippen molar-refractivity contribution in [2.75, 3.05) is 7.05 Å². The highest BCUT2D eigenvalue weighted by molar-refractivity contribution is 5.78. The smallest absolute Gasteiger partial charge is 0.251 e. The molecule has 0 saturated carbocycles. The quantitative estimate of drug-likeness (QED) is 0.895. The highest BCUT2D eigenvalue weighted by Gasteiger charge is 2.13. The Balaban J connectivity index is 2.49. The molecule has 0 bridgehead atoms. The van der Waals surface area contributed by atoms with Gasteiger partial charge in [-0.3, -0.25) is 4.79 Å². The van der Waals surface area contributed by atoms with Crippen molar-refractivity contribution in [3.63, 3.8) is 0 Å². The first-order chi connectivity index (χ1) is 8.63. The Hall–Kier alpha value is -1.61. The van der Waals surface area contributed by atoms with Gasteiger partial charge in [0.2, 0.25) is 0 Å². The lowest BCUT2D eigenvalue weighted by atomic mass is 10.0. The van der Waals surface area contributed by atoms with E-state index in [1.54, 1.807) is 6.07 Å². The van der Waals surface area contributed by atoms with Crippen LogP contribution in [0.5, 0.6) is 0 Å². The molecular formula is C15H20N2O. The van der Waals surface area contributed by atoms with Crippen LogP contribution in [0.25, 0.3) is 10.9 Å². The molecule has 0 spiro atoms. The van der Waals surface area contributed by atoms with Crippen molar-refractivity contribution in [2.24, 2.45) is 5.92 Å². The summed E-state index contributed by atoms with van der Waals surface area (Å²) in [5.41, 5.74) is 1.07. The van der Waals surface area contributed by atoms with Crippen LogP contribution in [0.2, 0.25) is 0 Å². The van der Waals surface area contributed by atoms with Crippen molar-refractivity contribution < 1.29 is 0 Å². The normalized spacial score (nSPS) is 13.1. The lowest BCUT2D eigenvalue weighted by Gasteiger charge is -2.22. The Morgan fingerprint density at radius 3 is 2.56 bits per heavy atom. The molecule has 0 aliphatic carbocycles. The van der Waals surface area contributed by atoms with Gasteiger partial charge in [-0.15, -0.1) is 0 Å². The Labute approximate surface area is 107 Å². The maximum absolute atomic E-state index is 12.0. The summed E-state index contributed by atoms with van der Waals surface area (Å²) in [6, 6.07) is 11.8. The summed E-state index contributed by atoms with van der Waals surface area (Å²) in [4.78, 5) is 12.0. The zero-order valence-electron chi connectivity index (χ0n) is 11.2. The van der Waals surface area contributed by atoms with Gasteiger partial charge in [0, 0.05) is 18.7 Å². The molecule has 0 radical (unpaired) electrons. The van der Waals surface area contributed by atoms with Crippen LogP contribution in [-0.2, 0) is 6.54 Å². The van der Waals surface area contributed by atoms with E-state index in [0.29, 0.717) is 18.5 Å². The van der Waals surface area contributed by atoms with E-state index < -0.39 is 0 Å². The van der Waals surface area contributed by atoms with Gasteiger partial charge < -0.3 is 9.88 Å². The van der Waals surface area contributed by atoms with Crippen molar-refractivity contribution >= 4 is 10.9 Å². The maximum atomic E-state index is 12.0. The van der Waals surface area contributed by atoms with Crippen LogP contribution in [0.15, 0.2) is 41.2 Å². The summed E-state index contributed by atoms with van der Waals surface area (Å²) in [6.07, 6.45) is 0. The average Bonchev–Trinajstić information content (AvgIpc) is 2.37. The van der Waals surface area contributed by atoms with Gasteiger partial charge in [0.15, 0.2) is 0 Å². The van der Waals surface area contributed by atoms with E-state index in [9.17, 15) is 4.79 Å². The SMILES string of the molecule is CNC(Cn1c(=O)ccc2ccccc21)C(C)C. The molecule has 1 aromatic carbocycles. The number of fused-ring (bicyclic) bond motifs is 1. The number of likely N-dealkylation sites (N-methyl/N-ethyl adjacent to an activating group) is 1. The van der Waals surface area contributed by atoms with E-state index in [-0.39, 0.29) is 5.56 Å². The van der Waals surface area contributed by atoms with Gasteiger partial charge in [-0.25, -0.2) is 0 Å². The average molecular weight is 244 g/mol. The van der Waals surface area contributed by atoms with Crippen LogP contribution in [0.1, 0.15) is 13.8 Å². The van der Waals surface area contributed by atoms with E-state index in [2.05, 4.69) is 19.2 Å². The molecular weight excluding hydrogens is 224 g/mol. The zero-order chi connectivity index (χ0) is 13.1. The van der Waals surface area contributed by atoms with E-state index in [1.807, 2.05) is 41.9 Å². The number of nitrogens with one attached hydrogen (secondary N) is 1. The number of benzene rings is 1. The fourth-order valence-electron chi connectivity index (χ4n) is 2.26. The zero-order valence-corrected chi connectivity index (χ0v) is 11.2. The molecule has 0 aliphatic heterocycles. The number of pyridine rings is 1. The van der Waals surface area contributed by atoms with Gasteiger partial charge in [0.25, 0.3) is 5.56 Å². The number of hydrogen-bond donors (Lipinski definition) is 1. The molecule has 3 nitrogen and oxygen atoms in total. The topological polar surface area (TPSA) is 34.0 Å². The Morgan fingerprint density at radius 1 is 1.17 bits per heavy atom. The molecule has 0 saturated heterocycles. The lowest BCUT2D eigenvalue weighted by Crippen LogP contribution is -2.38. The summed E-state index contributed by atoms with van der Waals surface area (Å²) in [7, 11) is 1.95. The standard InChI is InChI=1S/C15H20N2O/c1-11(2)13(16-3)10-17-14-7-5-4-6-12(14)8-9-15(17)18/h4-9,11,13,16H,10H2,1-3H3. The molecule has 0 fully saturated rings. The van der Waals surface area contributed by atoms with Crippen LogP contribution < -0.4 is 10.9 Å². The molecule has 96 valence electrons. The number of nitrogens with zero attached hydrogens (tertiary/aromatic N) is 1. The van der Waals surface area contributed by atoms with Crippen molar-refractivity contribution in [2.45, 2.75) is 26.4 Å². The summed E-state index contributed by atoms with van der Waals surface area (Å²) in [5.74, 6) is 0.487. The first-order valence-corrected chi connectivity index (χ1v) is 6.39. The third-order valence-electron chi connectivity index (χ3n) is 3.45. The van der Waals surface area contributed by atoms with Crippen molar-refractivity contribution in [3.05, 3.63) is 46.8 Å². The van der Waals surface area contributed by atoms with Gasteiger partial charge in [-0.05, 0) is 30.5 Å². The van der Waals surface area contributed by atoms with Crippen molar-refractivity contribution in [3.8, 4) is 0 Å². The van der Waals surface area contributed by atoms with E-state index in [4.69, 9.17) is 0 Å². The van der Waals surface area contributed by atoms with Crippen LogP contribution in [0.4, 0.5) is 0 Å². The van der Waals surface area contributed by atoms with Crippen LogP contribution in [-0.4, -0.2) is 17.7 Å². The summed E-state index contributed by atoms with van der Waals surface area (Å²) in [6.45, 7) is 5.03. The molecule has 0 aliphatic rings. The molecule has 18 heavy (non-hydrogen) atoms. The Kier molecular flexibility index (Phi) is 3.82. The first kappa shape index (κ1) is 12.8. The minimum absolute atomic E-state index is 0.0644. The molecule has 2 aromatic rings. The predicted molar refractivity (Wildman–Crippen MR) is 75.9 cm³/mol.